The van der Waals surface area contributed by atoms with Crippen molar-refractivity contribution < 1.29 is 19.1 Å². The minimum absolute atomic E-state index is 0.0573. The molecule has 0 saturated carbocycles. The lowest BCUT2D eigenvalue weighted by molar-refractivity contribution is 0.0485. The van der Waals surface area contributed by atoms with E-state index in [0.29, 0.717) is 18.4 Å². The first-order valence-corrected chi connectivity index (χ1v) is 10.2. The Bertz CT molecular complexity index is 881. The van der Waals surface area contributed by atoms with Crippen LogP contribution in [0.2, 0.25) is 0 Å². The van der Waals surface area contributed by atoms with Crippen molar-refractivity contribution in [2.45, 2.75) is 51.3 Å². The average Bonchev–Trinajstić information content (AvgIpc) is 3.02. The van der Waals surface area contributed by atoms with Gasteiger partial charge in [0, 0.05) is 23.6 Å². The van der Waals surface area contributed by atoms with E-state index in [9.17, 15) is 9.59 Å². The van der Waals surface area contributed by atoms with Crippen LogP contribution in [0.1, 0.15) is 47.2 Å². The molecule has 0 N–H and O–H groups in total. The Morgan fingerprint density at radius 1 is 1.03 bits per heavy atom. The number of ether oxygens (including phenoxy) is 2. The predicted octanol–water partition coefficient (Wildman–Crippen LogP) is 4.77. The molecule has 2 aromatic rings. The minimum atomic E-state index is -0.260. The summed E-state index contributed by atoms with van der Waals surface area (Å²) < 4.78 is 10.9. The van der Waals surface area contributed by atoms with Crippen LogP contribution in [0.5, 0.6) is 5.75 Å². The lowest BCUT2D eigenvalue weighted by Gasteiger charge is -2.37. The summed E-state index contributed by atoms with van der Waals surface area (Å²) in [6, 6.07) is 15.5. The second-order valence-corrected chi connectivity index (χ2v) is 8.05. The van der Waals surface area contributed by atoms with E-state index in [1.165, 1.54) is 0 Å². The van der Waals surface area contributed by atoms with Crippen LogP contribution in [-0.2, 0) is 11.3 Å². The van der Waals surface area contributed by atoms with Crippen molar-refractivity contribution in [3.05, 3.63) is 65.2 Å². The Balaban J connectivity index is 1.41. The zero-order chi connectivity index (χ0) is 20.4. The van der Waals surface area contributed by atoms with Crippen LogP contribution in [0.15, 0.2) is 48.5 Å². The van der Waals surface area contributed by atoms with Gasteiger partial charge >= 0.3 is 6.09 Å². The molecule has 29 heavy (non-hydrogen) atoms. The number of benzene rings is 2. The maximum absolute atomic E-state index is 13.1. The second kappa shape index (κ2) is 8.27. The lowest BCUT2D eigenvalue weighted by Crippen LogP contribution is -2.48. The van der Waals surface area contributed by atoms with Gasteiger partial charge < -0.3 is 14.4 Å². The number of carbonyl (C=O) groups excluding carboxylic acids is 2. The minimum Gasteiger partial charge on any atom is -0.496 e. The summed E-state index contributed by atoms with van der Waals surface area (Å²) >= 11 is 0. The van der Waals surface area contributed by atoms with Crippen molar-refractivity contribution in [3.63, 3.8) is 0 Å². The third-order valence-corrected chi connectivity index (χ3v) is 6.21. The number of hydrogen-bond donors (Lipinski definition) is 0. The van der Waals surface area contributed by atoms with Crippen LogP contribution < -0.4 is 4.74 Å². The standard InChI is InChI=1S/C24H27NO4/c1-16-8-9-18(14-22(16)28-2)23(26)19-12-20-10-11-21(13-19)25(20)24(27)29-15-17-6-4-3-5-7-17/h3-9,14,19-21H,10-13,15H2,1-2H3. The van der Waals surface area contributed by atoms with Gasteiger partial charge in [0.15, 0.2) is 5.78 Å². The molecule has 2 bridgehead atoms. The van der Waals surface area contributed by atoms with E-state index in [2.05, 4.69) is 0 Å². The number of methoxy groups -OCH3 is 1. The molecular formula is C24H27NO4. The number of hydrogen-bond acceptors (Lipinski definition) is 4. The third kappa shape index (κ3) is 4.00. The lowest BCUT2D eigenvalue weighted by atomic mass is 9.84. The zero-order valence-corrected chi connectivity index (χ0v) is 17.0. The average molecular weight is 393 g/mol. The first-order chi connectivity index (χ1) is 14.1. The van der Waals surface area contributed by atoms with Crippen LogP contribution in [0.3, 0.4) is 0 Å². The molecule has 0 spiro atoms. The number of Topliss-reactive ketones (excluding diaryl/α,β-unsaturated/α-hetero) is 1. The second-order valence-electron chi connectivity index (χ2n) is 8.05. The van der Waals surface area contributed by atoms with Gasteiger partial charge in [0.2, 0.25) is 0 Å². The van der Waals surface area contributed by atoms with Crippen LogP contribution in [0.25, 0.3) is 0 Å². The van der Waals surface area contributed by atoms with Crippen molar-refractivity contribution >= 4 is 11.9 Å². The van der Waals surface area contributed by atoms with Crippen LogP contribution in [0, 0.1) is 12.8 Å². The topological polar surface area (TPSA) is 55.8 Å². The van der Waals surface area contributed by atoms with E-state index in [4.69, 9.17) is 9.47 Å². The Morgan fingerprint density at radius 2 is 1.72 bits per heavy atom. The normalized spacial score (nSPS) is 23.0. The molecule has 1 amide bonds. The molecule has 2 fully saturated rings. The summed E-state index contributed by atoms with van der Waals surface area (Å²) in [6.07, 6.45) is 3.01. The Morgan fingerprint density at radius 3 is 2.38 bits per heavy atom. The number of rotatable bonds is 5. The van der Waals surface area contributed by atoms with E-state index in [0.717, 1.165) is 29.7 Å². The molecule has 0 radical (unpaired) electrons. The van der Waals surface area contributed by atoms with Crippen LogP contribution in [0.4, 0.5) is 4.79 Å². The fourth-order valence-corrected chi connectivity index (χ4v) is 4.69. The molecule has 5 heteroatoms. The highest BCUT2D eigenvalue weighted by atomic mass is 16.6. The zero-order valence-electron chi connectivity index (χ0n) is 17.0. The highest BCUT2D eigenvalue weighted by molar-refractivity contribution is 5.98. The van der Waals surface area contributed by atoms with E-state index < -0.39 is 0 Å². The third-order valence-electron chi connectivity index (χ3n) is 6.21. The summed E-state index contributed by atoms with van der Waals surface area (Å²) in [5, 5.41) is 0. The van der Waals surface area contributed by atoms with Gasteiger partial charge in [0.25, 0.3) is 0 Å². The fraction of sp³-hybridized carbons (Fsp3) is 0.417. The van der Waals surface area contributed by atoms with Gasteiger partial charge in [-0.05, 0) is 49.8 Å². The molecule has 2 aromatic carbocycles. The van der Waals surface area contributed by atoms with Crippen molar-refractivity contribution in [1.29, 1.82) is 0 Å². The number of aryl methyl sites for hydroxylation is 1. The number of amides is 1. The molecule has 2 aliphatic rings. The van der Waals surface area contributed by atoms with Gasteiger partial charge in [-0.1, -0.05) is 42.5 Å². The van der Waals surface area contributed by atoms with Gasteiger partial charge in [0.05, 0.1) is 7.11 Å². The smallest absolute Gasteiger partial charge is 0.410 e. The van der Waals surface area contributed by atoms with Crippen molar-refractivity contribution in [2.24, 2.45) is 5.92 Å². The Kier molecular flexibility index (Phi) is 5.56. The first kappa shape index (κ1) is 19.5. The molecule has 2 heterocycles. The largest absolute Gasteiger partial charge is 0.496 e. The molecule has 0 aromatic heterocycles. The highest BCUT2D eigenvalue weighted by Gasteiger charge is 2.46. The molecular weight excluding hydrogens is 366 g/mol. The summed E-state index contributed by atoms with van der Waals surface area (Å²) in [4.78, 5) is 27.7. The molecule has 0 aliphatic carbocycles. The number of carbonyl (C=O) groups is 2. The fourth-order valence-electron chi connectivity index (χ4n) is 4.69. The molecule has 5 nitrogen and oxygen atoms in total. The molecule has 152 valence electrons. The van der Waals surface area contributed by atoms with E-state index in [-0.39, 0.29) is 36.5 Å². The molecule has 4 rings (SSSR count). The van der Waals surface area contributed by atoms with E-state index in [1.54, 1.807) is 7.11 Å². The molecule has 2 atom stereocenters. The van der Waals surface area contributed by atoms with Gasteiger partial charge in [-0.15, -0.1) is 0 Å². The molecule has 2 aliphatic heterocycles. The van der Waals surface area contributed by atoms with Crippen molar-refractivity contribution in [1.82, 2.24) is 4.90 Å². The number of fused-ring (bicyclic) bond motifs is 2. The Labute approximate surface area is 171 Å². The number of nitrogens with zero attached hydrogens (tertiary/aromatic N) is 1. The summed E-state index contributed by atoms with van der Waals surface area (Å²) in [7, 11) is 1.62. The summed E-state index contributed by atoms with van der Waals surface area (Å²) in [6.45, 7) is 2.24. The summed E-state index contributed by atoms with van der Waals surface area (Å²) in [5.41, 5.74) is 2.68. The van der Waals surface area contributed by atoms with Gasteiger partial charge in [-0.2, -0.15) is 0 Å². The first-order valence-electron chi connectivity index (χ1n) is 10.2. The van der Waals surface area contributed by atoms with Crippen LogP contribution in [-0.4, -0.2) is 36.0 Å². The van der Waals surface area contributed by atoms with Crippen molar-refractivity contribution in [2.75, 3.05) is 7.11 Å². The maximum Gasteiger partial charge on any atom is 0.410 e. The van der Waals surface area contributed by atoms with Crippen LogP contribution >= 0.6 is 0 Å². The van der Waals surface area contributed by atoms with E-state index in [1.807, 2.05) is 60.4 Å². The Hall–Kier alpha value is -2.82. The number of piperidine rings is 1. The van der Waals surface area contributed by atoms with Crippen molar-refractivity contribution in [3.8, 4) is 5.75 Å². The van der Waals surface area contributed by atoms with E-state index >= 15 is 0 Å². The highest BCUT2D eigenvalue weighted by Crippen LogP contribution is 2.40. The number of ketones is 1. The monoisotopic (exact) mass is 393 g/mol. The SMILES string of the molecule is COc1cc(C(=O)C2CC3CCC(C2)N3C(=O)OCc2ccccc2)ccc1C. The summed E-state index contributed by atoms with van der Waals surface area (Å²) in [5.74, 6) is 0.830. The maximum atomic E-state index is 13.1. The van der Waals surface area contributed by atoms with Gasteiger partial charge in [0.1, 0.15) is 12.4 Å². The molecule has 2 unspecified atom stereocenters. The molecule has 2 saturated heterocycles. The van der Waals surface area contributed by atoms with Gasteiger partial charge in [-0.3, -0.25) is 4.79 Å². The quantitative estimate of drug-likeness (QED) is 0.687. The van der Waals surface area contributed by atoms with Gasteiger partial charge in [-0.25, -0.2) is 4.79 Å². The predicted molar refractivity (Wildman–Crippen MR) is 110 cm³/mol.